The second kappa shape index (κ2) is 2.47. The molecular formula is C9H5O6P. The molecule has 4 rings (SSSR count). The number of rotatable bonds is 2. The number of benzene rings is 1. The molecule has 6 nitrogen and oxygen atoms in total. The summed E-state index contributed by atoms with van der Waals surface area (Å²) >= 11 is 0. The average molecular weight is 240 g/mol. The van der Waals surface area contributed by atoms with Crippen molar-refractivity contribution >= 4 is 29.9 Å². The number of carbonyl (C=O) groups excluding carboxylic acids is 1. The number of carbonyl (C=O) groups is 2. The molecule has 4 bridgehead atoms. The van der Waals surface area contributed by atoms with E-state index in [4.69, 9.17) is 14.4 Å². The zero-order valence-corrected chi connectivity index (χ0v) is 8.91. The third kappa shape index (κ3) is 0.747. The molecule has 3 heterocycles. The minimum Gasteiger partial charge on any atom is -0.496 e. The fourth-order valence-electron chi connectivity index (χ4n) is 2.07. The van der Waals surface area contributed by atoms with Gasteiger partial charge >= 0.3 is 19.3 Å². The first-order valence-electron chi connectivity index (χ1n) is 4.34. The number of aromatic carboxylic acids is 1. The molecule has 1 aromatic rings. The Hall–Kier alpha value is -1.81. The molecule has 1 N–H and O–H groups in total. The Labute approximate surface area is 89.2 Å². The van der Waals surface area contributed by atoms with E-state index in [9.17, 15) is 14.2 Å². The molecule has 0 radical (unpaired) electrons. The molecule has 0 saturated carbocycles. The molecule has 7 heteroatoms. The third-order valence-corrected chi connectivity index (χ3v) is 5.20. The van der Waals surface area contributed by atoms with Crippen LogP contribution in [0.5, 0.6) is 5.75 Å². The lowest BCUT2D eigenvalue weighted by atomic mass is 10.1. The van der Waals surface area contributed by atoms with Crippen molar-refractivity contribution in [3.63, 3.8) is 0 Å². The van der Waals surface area contributed by atoms with Crippen LogP contribution in [-0.4, -0.2) is 24.2 Å². The number of carboxylic acid groups (broad SMARTS) is 1. The van der Waals surface area contributed by atoms with E-state index in [1.165, 1.54) is 13.2 Å². The van der Waals surface area contributed by atoms with E-state index in [-0.39, 0.29) is 27.5 Å². The summed E-state index contributed by atoms with van der Waals surface area (Å²) in [6, 6.07) is 1.36. The van der Waals surface area contributed by atoms with E-state index >= 15 is 0 Å². The molecule has 0 aliphatic carbocycles. The minimum atomic E-state index is -3.42. The van der Waals surface area contributed by atoms with Gasteiger partial charge in [-0.05, 0) is 6.07 Å². The van der Waals surface area contributed by atoms with Crippen molar-refractivity contribution in [3.8, 4) is 5.75 Å². The summed E-state index contributed by atoms with van der Waals surface area (Å²) in [5, 5.41) is 8.99. The summed E-state index contributed by atoms with van der Waals surface area (Å²) in [6.07, 6.45) is 0. The standard InChI is InChI=1S/C9H5O6P/c1-14-4-2-3-6-5(8(10)11)7(4)16(6,13)15-9(3)12/h2H,1H3,(H,10,11). The van der Waals surface area contributed by atoms with Gasteiger partial charge in [0.05, 0.1) is 23.5 Å². The van der Waals surface area contributed by atoms with Crippen LogP contribution in [0, 0.1) is 0 Å². The lowest BCUT2D eigenvalue weighted by Crippen LogP contribution is -2.39. The van der Waals surface area contributed by atoms with Crippen LogP contribution in [0.4, 0.5) is 0 Å². The largest absolute Gasteiger partial charge is 0.496 e. The lowest BCUT2D eigenvalue weighted by Gasteiger charge is -2.26. The average Bonchev–Trinajstić information content (AvgIpc) is 2.37. The highest BCUT2D eigenvalue weighted by atomic mass is 31.2. The van der Waals surface area contributed by atoms with Gasteiger partial charge in [-0.15, -0.1) is 0 Å². The maximum atomic E-state index is 12.2. The highest BCUT2D eigenvalue weighted by Crippen LogP contribution is 2.61. The van der Waals surface area contributed by atoms with Gasteiger partial charge in [0.1, 0.15) is 11.1 Å². The van der Waals surface area contributed by atoms with Gasteiger partial charge in [0.2, 0.25) is 0 Å². The normalized spacial score (nSPS) is 23.7. The Bertz CT molecular complexity index is 617. The molecule has 3 aliphatic rings. The number of hydrogen-bond acceptors (Lipinski definition) is 5. The summed E-state index contributed by atoms with van der Waals surface area (Å²) in [5.74, 6) is -1.84. The first-order valence-corrected chi connectivity index (χ1v) is 5.96. The lowest BCUT2D eigenvalue weighted by molar-refractivity contribution is 0.0695. The van der Waals surface area contributed by atoms with Gasteiger partial charge in [-0.25, -0.2) is 9.59 Å². The molecule has 0 fully saturated rings. The van der Waals surface area contributed by atoms with E-state index in [0.717, 1.165) is 0 Å². The van der Waals surface area contributed by atoms with Crippen molar-refractivity contribution in [2.24, 2.45) is 0 Å². The Morgan fingerprint density at radius 2 is 2.19 bits per heavy atom. The van der Waals surface area contributed by atoms with E-state index in [1.54, 1.807) is 0 Å². The van der Waals surface area contributed by atoms with Crippen molar-refractivity contribution in [1.82, 2.24) is 0 Å². The van der Waals surface area contributed by atoms with Crippen LogP contribution in [0.1, 0.15) is 20.7 Å². The third-order valence-electron chi connectivity index (χ3n) is 2.69. The van der Waals surface area contributed by atoms with Crippen LogP contribution in [-0.2, 0) is 9.09 Å². The van der Waals surface area contributed by atoms with E-state index in [0.29, 0.717) is 0 Å². The predicted octanol–water partition coefficient (Wildman–Crippen LogP) is 0.106. The maximum Gasteiger partial charge on any atom is 0.344 e. The summed E-state index contributed by atoms with van der Waals surface area (Å²) in [4.78, 5) is 22.3. The van der Waals surface area contributed by atoms with Crippen LogP contribution in [0.2, 0.25) is 0 Å². The van der Waals surface area contributed by atoms with Gasteiger partial charge in [-0.2, -0.15) is 0 Å². The van der Waals surface area contributed by atoms with Crippen molar-refractivity contribution in [3.05, 3.63) is 17.2 Å². The number of fused-ring (bicyclic) bond motifs is 1. The molecule has 1 aromatic carbocycles. The van der Waals surface area contributed by atoms with Crippen LogP contribution >= 0.6 is 7.37 Å². The van der Waals surface area contributed by atoms with Gasteiger partial charge in [0.25, 0.3) is 0 Å². The smallest absolute Gasteiger partial charge is 0.344 e. The molecule has 1 unspecified atom stereocenters. The second-order valence-corrected chi connectivity index (χ2v) is 5.61. The van der Waals surface area contributed by atoms with Gasteiger partial charge in [-0.1, -0.05) is 0 Å². The quantitative estimate of drug-likeness (QED) is 0.737. The molecule has 16 heavy (non-hydrogen) atoms. The van der Waals surface area contributed by atoms with E-state index < -0.39 is 19.3 Å². The van der Waals surface area contributed by atoms with Crippen molar-refractivity contribution in [1.29, 1.82) is 0 Å². The van der Waals surface area contributed by atoms with Crippen molar-refractivity contribution in [2.45, 2.75) is 0 Å². The van der Waals surface area contributed by atoms with Gasteiger partial charge < -0.3 is 14.4 Å². The monoisotopic (exact) mass is 240 g/mol. The Morgan fingerprint density at radius 3 is 2.69 bits per heavy atom. The molecular weight excluding hydrogens is 235 g/mol. The number of methoxy groups -OCH3 is 1. The zero-order valence-electron chi connectivity index (χ0n) is 8.01. The minimum absolute atomic E-state index is 0.00657. The molecule has 1 atom stereocenters. The number of carboxylic acids is 1. The first kappa shape index (κ1) is 9.42. The van der Waals surface area contributed by atoms with Crippen LogP contribution in [0.15, 0.2) is 6.07 Å². The highest BCUT2D eigenvalue weighted by Gasteiger charge is 2.59. The summed E-state index contributed by atoms with van der Waals surface area (Å²) in [7, 11) is -2.10. The highest BCUT2D eigenvalue weighted by molar-refractivity contribution is 7.78. The fraction of sp³-hybridized carbons (Fsp3) is 0.111. The summed E-state index contributed by atoms with van der Waals surface area (Å²) in [5.41, 5.74) is -0.0869. The molecule has 0 saturated heterocycles. The second-order valence-electron chi connectivity index (χ2n) is 3.43. The molecule has 82 valence electrons. The molecule has 0 aromatic heterocycles. The number of ether oxygens (including phenoxy) is 1. The van der Waals surface area contributed by atoms with Crippen molar-refractivity contribution < 1.29 is 28.5 Å². The van der Waals surface area contributed by atoms with Crippen LogP contribution in [0.25, 0.3) is 0 Å². The Kier molecular flexibility index (Phi) is 1.45. The zero-order chi connectivity index (χ0) is 11.7. The topological polar surface area (TPSA) is 89.9 Å². The Morgan fingerprint density at radius 1 is 1.50 bits per heavy atom. The summed E-state index contributed by atoms with van der Waals surface area (Å²) < 4.78 is 21.8. The summed E-state index contributed by atoms with van der Waals surface area (Å²) in [6.45, 7) is 0. The molecule has 0 amide bonds. The SMILES string of the molecule is COc1cc2c3c(C(=O)O)c1P3(=O)OC2=O. The first-order chi connectivity index (χ1) is 7.50. The predicted molar refractivity (Wildman–Crippen MR) is 52.2 cm³/mol. The maximum absolute atomic E-state index is 12.2. The van der Waals surface area contributed by atoms with Crippen molar-refractivity contribution in [2.75, 3.05) is 7.11 Å². The van der Waals surface area contributed by atoms with Gasteiger partial charge in [-0.3, -0.25) is 4.57 Å². The Balaban J connectivity index is 2.44. The molecule has 3 aliphatic heterocycles. The van der Waals surface area contributed by atoms with Gasteiger partial charge in [0, 0.05) is 0 Å². The number of hydrogen-bond donors (Lipinski definition) is 1. The van der Waals surface area contributed by atoms with Crippen LogP contribution in [0.3, 0.4) is 0 Å². The van der Waals surface area contributed by atoms with Crippen LogP contribution < -0.4 is 15.3 Å². The van der Waals surface area contributed by atoms with Gasteiger partial charge in [0.15, 0.2) is 0 Å². The van der Waals surface area contributed by atoms with E-state index in [1.807, 2.05) is 0 Å². The molecule has 0 spiro atoms. The fourth-order valence-corrected chi connectivity index (χ4v) is 4.56. The van der Waals surface area contributed by atoms with E-state index in [2.05, 4.69) is 0 Å².